The van der Waals surface area contributed by atoms with Crippen LogP contribution in [0.5, 0.6) is 0 Å². The standard InChI is InChI=1S/C17H26N4O2/c1-5-19-10-14-15(21-9-8-12(11-21)20(2)3)7-6-13(16(14)18)17(22)23-4/h6-7,10,12,18-19H,5,8-9,11H2,1-4H3/b14-10-,18-16?. The van der Waals surface area contributed by atoms with E-state index in [1.807, 2.05) is 19.2 Å². The number of esters is 1. The summed E-state index contributed by atoms with van der Waals surface area (Å²) in [5, 5.41) is 11.5. The second-order valence-corrected chi connectivity index (χ2v) is 5.97. The van der Waals surface area contributed by atoms with E-state index in [9.17, 15) is 4.79 Å². The van der Waals surface area contributed by atoms with E-state index in [2.05, 4.69) is 29.2 Å². The van der Waals surface area contributed by atoms with Gasteiger partial charge in [-0.1, -0.05) is 0 Å². The van der Waals surface area contributed by atoms with Crippen LogP contribution in [0.3, 0.4) is 0 Å². The first-order chi connectivity index (χ1) is 11.0. The summed E-state index contributed by atoms with van der Waals surface area (Å²) in [6.45, 7) is 4.65. The molecule has 1 saturated heterocycles. The van der Waals surface area contributed by atoms with Crippen molar-refractivity contribution in [3.63, 3.8) is 0 Å². The number of methoxy groups -OCH3 is 1. The Morgan fingerprint density at radius 2 is 2.26 bits per heavy atom. The van der Waals surface area contributed by atoms with Gasteiger partial charge in [0.2, 0.25) is 0 Å². The number of ether oxygens (including phenoxy) is 1. The SMILES string of the molecule is CCN/C=C1\C(=N)C(C(=O)OC)=CC=C1N1CCC(N(C)C)C1. The van der Waals surface area contributed by atoms with Crippen LogP contribution in [-0.2, 0) is 9.53 Å². The first-order valence-electron chi connectivity index (χ1n) is 7.94. The van der Waals surface area contributed by atoms with Crippen LogP contribution in [0.25, 0.3) is 0 Å². The van der Waals surface area contributed by atoms with Crippen molar-refractivity contribution in [1.29, 1.82) is 5.41 Å². The fraction of sp³-hybridized carbons (Fsp3) is 0.529. The Kier molecular flexibility index (Phi) is 5.60. The van der Waals surface area contributed by atoms with Gasteiger partial charge in [0.15, 0.2) is 0 Å². The molecule has 0 radical (unpaired) electrons. The molecule has 1 aliphatic heterocycles. The predicted molar refractivity (Wildman–Crippen MR) is 91.3 cm³/mol. The van der Waals surface area contributed by atoms with E-state index in [0.717, 1.165) is 37.3 Å². The number of nitrogens with zero attached hydrogens (tertiary/aromatic N) is 2. The molecule has 2 rings (SSSR count). The number of carbonyl (C=O) groups excluding carboxylic acids is 1. The van der Waals surface area contributed by atoms with E-state index in [-0.39, 0.29) is 5.71 Å². The lowest BCUT2D eigenvalue weighted by Crippen LogP contribution is -2.33. The Morgan fingerprint density at radius 3 is 2.83 bits per heavy atom. The molecule has 23 heavy (non-hydrogen) atoms. The van der Waals surface area contributed by atoms with Gasteiger partial charge in [-0.05, 0) is 39.6 Å². The normalized spacial score (nSPS) is 23.2. The number of allylic oxidation sites excluding steroid dienone is 3. The molecule has 1 heterocycles. The largest absolute Gasteiger partial charge is 0.465 e. The highest BCUT2D eigenvalue weighted by Gasteiger charge is 2.31. The van der Waals surface area contributed by atoms with Crippen molar-refractivity contribution < 1.29 is 9.53 Å². The van der Waals surface area contributed by atoms with Crippen LogP contribution < -0.4 is 5.32 Å². The molecule has 0 amide bonds. The molecular weight excluding hydrogens is 292 g/mol. The van der Waals surface area contributed by atoms with Crippen LogP contribution >= 0.6 is 0 Å². The zero-order chi connectivity index (χ0) is 17.0. The van der Waals surface area contributed by atoms with Gasteiger partial charge in [-0.2, -0.15) is 0 Å². The first-order valence-corrected chi connectivity index (χ1v) is 7.94. The molecule has 0 bridgehead atoms. The highest BCUT2D eigenvalue weighted by molar-refractivity contribution is 6.27. The lowest BCUT2D eigenvalue weighted by Gasteiger charge is -2.28. The molecular formula is C17H26N4O2. The lowest BCUT2D eigenvalue weighted by atomic mass is 9.94. The number of nitrogens with one attached hydrogen (secondary N) is 2. The van der Waals surface area contributed by atoms with Gasteiger partial charge in [0.1, 0.15) is 0 Å². The van der Waals surface area contributed by atoms with Gasteiger partial charge < -0.3 is 19.9 Å². The summed E-state index contributed by atoms with van der Waals surface area (Å²) in [6, 6.07) is 0.511. The maximum absolute atomic E-state index is 11.8. The van der Waals surface area contributed by atoms with Crippen molar-refractivity contribution >= 4 is 11.7 Å². The molecule has 6 nitrogen and oxygen atoms in total. The number of hydrogen-bond donors (Lipinski definition) is 2. The van der Waals surface area contributed by atoms with Gasteiger partial charge in [-0.3, -0.25) is 5.41 Å². The minimum atomic E-state index is -0.472. The number of likely N-dealkylation sites (tertiary alicyclic amines) is 1. The lowest BCUT2D eigenvalue weighted by molar-refractivity contribution is -0.135. The molecule has 2 aliphatic rings. The molecule has 1 unspecified atom stereocenters. The smallest absolute Gasteiger partial charge is 0.340 e. The molecule has 0 aromatic rings. The number of rotatable bonds is 5. The molecule has 6 heteroatoms. The second-order valence-electron chi connectivity index (χ2n) is 5.97. The molecule has 1 atom stereocenters. The van der Waals surface area contributed by atoms with Crippen molar-refractivity contribution in [3.8, 4) is 0 Å². The molecule has 0 spiro atoms. The van der Waals surface area contributed by atoms with Crippen LogP contribution in [0.4, 0.5) is 0 Å². The van der Waals surface area contributed by atoms with Crippen molar-refractivity contribution in [1.82, 2.24) is 15.1 Å². The number of hydrogen-bond acceptors (Lipinski definition) is 6. The Labute approximate surface area is 138 Å². The third-order valence-electron chi connectivity index (χ3n) is 4.31. The van der Waals surface area contributed by atoms with Crippen LogP contribution in [0.1, 0.15) is 13.3 Å². The van der Waals surface area contributed by atoms with Crippen molar-refractivity contribution in [2.75, 3.05) is 40.8 Å². The average molecular weight is 318 g/mol. The summed E-state index contributed by atoms with van der Waals surface area (Å²) in [5.41, 5.74) is 2.24. The summed E-state index contributed by atoms with van der Waals surface area (Å²) >= 11 is 0. The van der Waals surface area contributed by atoms with E-state index < -0.39 is 5.97 Å². The Morgan fingerprint density at radius 1 is 1.52 bits per heavy atom. The Bertz CT molecular complexity index is 575. The average Bonchev–Trinajstić information content (AvgIpc) is 3.02. The number of carbonyl (C=O) groups is 1. The third-order valence-corrected chi connectivity index (χ3v) is 4.31. The minimum Gasteiger partial charge on any atom is -0.465 e. The zero-order valence-electron chi connectivity index (χ0n) is 14.3. The maximum atomic E-state index is 11.8. The van der Waals surface area contributed by atoms with Crippen LogP contribution in [0.2, 0.25) is 0 Å². The summed E-state index contributed by atoms with van der Waals surface area (Å²) in [4.78, 5) is 16.4. The molecule has 2 N–H and O–H groups in total. The Balaban J connectivity index is 2.31. The molecule has 0 aromatic carbocycles. The van der Waals surface area contributed by atoms with E-state index >= 15 is 0 Å². The molecule has 126 valence electrons. The fourth-order valence-corrected chi connectivity index (χ4v) is 2.90. The van der Waals surface area contributed by atoms with Crippen molar-refractivity contribution in [3.05, 3.63) is 35.2 Å². The predicted octanol–water partition coefficient (Wildman–Crippen LogP) is 1.13. The van der Waals surface area contributed by atoms with Gasteiger partial charge in [0.05, 0.1) is 18.4 Å². The molecule has 1 fully saturated rings. The Hall–Kier alpha value is -2.08. The van der Waals surface area contributed by atoms with E-state index in [4.69, 9.17) is 10.1 Å². The van der Waals surface area contributed by atoms with Crippen molar-refractivity contribution in [2.45, 2.75) is 19.4 Å². The third kappa shape index (κ3) is 3.64. The quantitative estimate of drug-likeness (QED) is 0.744. The topological polar surface area (TPSA) is 68.7 Å². The summed E-state index contributed by atoms with van der Waals surface area (Å²) < 4.78 is 4.78. The molecule has 1 aliphatic carbocycles. The van der Waals surface area contributed by atoms with E-state index in [0.29, 0.717) is 11.6 Å². The van der Waals surface area contributed by atoms with Crippen molar-refractivity contribution in [2.24, 2.45) is 0 Å². The summed E-state index contributed by atoms with van der Waals surface area (Å²) in [7, 11) is 5.53. The van der Waals surface area contributed by atoms with Gasteiger partial charge in [-0.15, -0.1) is 0 Å². The summed E-state index contributed by atoms with van der Waals surface area (Å²) in [6.07, 6.45) is 6.54. The molecule has 0 saturated carbocycles. The first kappa shape index (κ1) is 17.3. The fourth-order valence-electron chi connectivity index (χ4n) is 2.90. The monoisotopic (exact) mass is 318 g/mol. The molecule has 0 aromatic heterocycles. The maximum Gasteiger partial charge on any atom is 0.340 e. The van der Waals surface area contributed by atoms with Crippen LogP contribution in [-0.4, -0.2) is 68.4 Å². The summed E-state index contributed by atoms with van der Waals surface area (Å²) in [5.74, 6) is -0.472. The minimum absolute atomic E-state index is 0.212. The van der Waals surface area contributed by atoms with E-state index in [1.54, 1.807) is 6.08 Å². The number of likely N-dealkylation sites (N-methyl/N-ethyl adjacent to an activating group) is 1. The van der Waals surface area contributed by atoms with Crippen LogP contribution in [0.15, 0.2) is 35.2 Å². The van der Waals surface area contributed by atoms with E-state index in [1.165, 1.54) is 7.11 Å². The highest BCUT2D eigenvalue weighted by atomic mass is 16.5. The van der Waals surface area contributed by atoms with Gasteiger partial charge in [0, 0.05) is 43.1 Å². The highest BCUT2D eigenvalue weighted by Crippen LogP contribution is 2.28. The zero-order valence-corrected chi connectivity index (χ0v) is 14.3. The van der Waals surface area contributed by atoms with Gasteiger partial charge in [0.25, 0.3) is 0 Å². The van der Waals surface area contributed by atoms with Crippen LogP contribution in [0, 0.1) is 5.41 Å². The second kappa shape index (κ2) is 7.46. The van der Waals surface area contributed by atoms with Gasteiger partial charge in [-0.25, -0.2) is 4.79 Å². The van der Waals surface area contributed by atoms with Gasteiger partial charge >= 0.3 is 5.97 Å².